The number of carbonyl (C=O) groups excluding carboxylic acids is 2. The second kappa shape index (κ2) is 15.1. The molecule has 0 bridgehead atoms. The van der Waals surface area contributed by atoms with Crippen molar-refractivity contribution < 1.29 is 47.9 Å². The van der Waals surface area contributed by atoms with Crippen LogP contribution < -0.4 is 10.6 Å². The molecule has 2 aliphatic heterocycles. The van der Waals surface area contributed by atoms with Crippen LogP contribution in [0, 0.1) is 11.6 Å². The fourth-order valence-corrected chi connectivity index (χ4v) is 6.74. The second-order valence-electron chi connectivity index (χ2n) is 12.8. The number of rotatable bonds is 11. The maximum atomic E-state index is 14.9. The lowest BCUT2D eigenvalue weighted by atomic mass is 9.93. The van der Waals surface area contributed by atoms with Crippen molar-refractivity contribution in [3.8, 4) is 0 Å². The third kappa shape index (κ3) is 7.18. The Labute approximate surface area is 278 Å². The molecule has 262 valence electrons. The van der Waals surface area contributed by atoms with E-state index in [9.17, 15) is 33.7 Å². The van der Waals surface area contributed by atoms with Crippen molar-refractivity contribution >= 4 is 23.0 Å². The van der Waals surface area contributed by atoms with Crippen LogP contribution in [0.3, 0.4) is 0 Å². The predicted molar refractivity (Wildman–Crippen MR) is 172 cm³/mol. The highest BCUT2D eigenvalue weighted by Gasteiger charge is 2.46. The molecule has 48 heavy (non-hydrogen) atoms. The molecular weight excluding hydrogens is 628 g/mol. The number of benzene rings is 2. The number of aliphatic hydroxyl groups excluding tert-OH is 3. The van der Waals surface area contributed by atoms with Crippen LogP contribution >= 0.6 is 0 Å². The lowest BCUT2D eigenvalue weighted by Gasteiger charge is -2.40. The van der Waals surface area contributed by atoms with Gasteiger partial charge in [0.15, 0.2) is 6.29 Å². The molecule has 1 aliphatic carbocycles. The Hall–Kier alpha value is -3.30. The minimum Gasteiger partial charge on any atom is -0.388 e. The average molecular weight is 674 g/mol. The summed E-state index contributed by atoms with van der Waals surface area (Å²) in [6, 6.07) is 8.23. The summed E-state index contributed by atoms with van der Waals surface area (Å²) < 4.78 is 46.6. The number of ether oxygens (including phenoxy) is 3. The van der Waals surface area contributed by atoms with Gasteiger partial charge in [-0.3, -0.25) is 9.59 Å². The van der Waals surface area contributed by atoms with Crippen LogP contribution in [0.25, 0.3) is 11.1 Å². The number of nitrogens with one attached hydrogen (secondary N) is 2. The van der Waals surface area contributed by atoms with Gasteiger partial charge in [-0.1, -0.05) is 18.2 Å². The number of aliphatic hydroxyl groups is 3. The number of halogens is 2. The molecule has 5 rings (SSSR count). The van der Waals surface area contributed by atoms with Gasteiger partial charge >= 0.3 is 0 Å². The maximum Gasteiger partial charge on any atom is 0.248 e. The number of amides is 2. The number of likely N-dealkylation sites (tertiary alicyclic amines) is 1. The Morgan fingerprint density at radius 2 is 1.73 bits per heavy atom. The zero-order chi connectivity index (χ0) is 34.9. The molecule has 10 atom stereocenters. The van der Waals surface area contributed by atoms with E-state index in [1.807, 2.05) is 0 Å². The third-order valence-corrected chi connectivity index (χ3v) is 9.77. The molecule has 0 spiro atoms. The van der Waals surface area contributed by atoms with Crippen molar-refractivity contribution in [3.63, 3.8) is 0 Å². The van der Waals surface area contributed by atoms with Crippen molar-refractivity contribution in [3.05, 3.63) is 70.8 Å². The largest absolute Gasteiger partial charge is 0.388 e. The molecule has 3 aliphatic rings. The molecule has 0 saturated carbocycles. The van der Waals surface area contributed by atoms with E-state index in [4.69, 9.17) is 14.2 Å². The van der Waals surface area contributed by atoms with E-state index in [2.05, 4.69) is 10.6 Å². The summed E-state index contributed by atoms with van der Waals surface area (Å²) in [4.78, 5) is 28.7. The van der Waals surface area contributed by atoms with E-state index in [0.717, 1.165) is 5.57 Å². The van der Waals surface area contributed by atoms with Crippen LogP contribution in [0.5, 0.6) is 0 Å². The van der Waals surface area contributed by atoms with Gasteiger partial charge in [0.2, 0.25) is 11.8 Å². The minimum atomic E-state index is -1.62. The normalized spacial score (nSPS) is 29.0. The Bertz CT molecular complexity index is 1510. The van der Waals surface area contributed by atoms with E-state index >= 15 is 0 Å². The quantitative estimate of drug-likeness (QED) is 0.242. The number of methoxy groups -OCH3 is 1. The van der Waals surface area contributed by atoms with E-state index < -0.39 is 66.6 Å². The third-order valence-electron chi connectivity index (χ3n) is 9.77. The molecule has 0 aromatic heterocycles. The Morgan fingerprint density at radius 3 is 2.40 bits per heavy atom. The first-order chi connectivity index (χ1) is 22.9. The predicted octanol–water partition coefficient (Wildman–Crippen LogP) is 2.28. The number of nitrogens with zero attached hydrogens (tertiary/aromatic N) is 1. The van der Waals surface area contributed by atoms with Crippen LogP contribution in [0.1, 0.15) is 62.8 Å². The maximum absolute atomic E-state index is 14.9. The van der Waals surface area contributed by atoms with Crippen LogP contribution in [0.2, 0.25) is 0 Å². The van der Waals surface area contributed by atoms with Gasteiger partial charge < -0.3 is 45.1 Å². The molecule has 3 unspecified atom stereocenters. The number of likely N-dealkylation sites (N-methyl/N-ethyl adjacent to an activating group) is 1. The molecule has 11 nitrogen and oxygen atoms in total. The second-order valence-corrected chi connectivity index (χ2v) is 12.8. The summed E-state index contributed by atoms with van der Waals surface area (Å²) in [6.07, 6.45) is -6.75. The van der Waals surface area contributed by atoms with Gasteiger partial charge in [-0.05, 0) is 99.2 Å². The zero-order valence-corrected chi connectivity index (χ0v) is 27.7. The molecule has 2 amide bonds. The first-order valence-corrected chi connectivity index (χ1v) is 16.3. The van der Waals surface area contributed by atoms with Crippen molar-refractivity contribution in [2.45, 2.75) is 101 Å². The molecule has 13 heteroatoms. The number of carbonyl (C=O) groups is 2. The highest BCUT2D eigenvalue weighted by atomic mass is 19.1. The monoisotopic (exact) mass is 673 g/mol. The fraction of sp³-hybridized carbons (Fsp3) is 0.543. The van der Waals surface area contributed by atoms with Crippen LogP contribution in [-0.2, 0) is 23.8 Å². The topological polar surface area (TPSA) is 150 Å². The SMILES string of the molecule is CN[C@@H](C)C(=O)N[C@@H](C(=O)N1CCC[C@H]1CC1=C(c2ccc(F)cc2)C(OC2O[C@@H](C)[C@@H](O)[C@@H](O)[C@@H]2O)c2cc(F)ccc21)C(C)OC. The smallest absolute Gasteiger partial charge is 0.248 e. The van der Waals surface area contributed by atoms with Crippen LogP contribution in [-0.4, -0.2) is 108 Å². The van der Waals surface area contributed by atoms with Gasteiger partial charge in [0.25, 0.3) is 0 Å². The summed E-state index contributed by atoms with van der Waals surface area (Å²) in [5, 5.41) is 37.3. The van der Waals surface area contributed by atoms with Gasteiger partial charge in [0, 0.05) is 19.7 Å². The van der Waals surface area contributed by atoms with Gasteiger partial charge in [0.05, 0.1) is 18.2 Å². The van der Waals surface area contributed by atoms with Crippen LogP contribution in [0.4, 0.5) is 8.78 Å². The number of hydrogen-bond donors (Lipinski definition) is 5. The molecule has 2 aromatic carbocycles. The summed E-state index contributed by atoms with van der Waals surface area (Å²) >= 11 is 0. The molecule has 2 fully saturated rings. The first-order valence-electron chi connectivity index (χ1n) is 16.3. The highest BCUT2D eigenvalue weighted by Crippen LogP contribution is 2.51. The van der Waals surface area contributed by atoms with E-state index in [1.54, 1.807) is 44.0 Å². The van der Waals surface area contributed by atoms with Crippen molar-refractivity contribution in [2.75, 3.05) is 20.7 Å². The van der Waals surface area contributed by atoms with Gasteiger partial charge in [0.1, 0.15) is 42.1 Å². The minimum absolute atomic E-state index is 0.294. The van der Waals surface area contributed by atoms with Crippen LogP contribution in [0.15, 0.2) is 42.5 Å². The first kappa shape index (κ1) is 36.0. The van der Waals surface area contributed by atoms with Gasteiger partial charge in [-0.25, -0.2) is 8.78 Å². The van der Waals surface area contributed by atoms with Gasteiger partial charge in [-0.15, -0.1) is 0 Å². The van der Waals surface area contributed by atoms with E-state index in [1.165, 1.54) is 38.3 Å². The van der Waals surface area contributed by atoms with Crippen molar-refractivity contribution in [1.29, 1.82) is 0 Å². The lowest BCUT2D eigenvalue weighted by Crippen LogP contribution is -2.57. The number of fused-ring (bicyclic) bond motifs is 1. The highest BCUT2D eigenvalue weighted by molar-refractivity contribution is 5.99. The van der Waals surface area contributed by atoms with Gasteiger partial charge in [-0.2, -0.15) is 0 Å². The van der Waals surface area contributed by atoms with E-state index in [0.29, 0.717) is 48.1 Å². The van der Waals surface area contributed by atoms with Crippen molar-refractivity contribution in [2.24, 2.45) is 0 Å². The Kier molecular flexibility index (Phi) is 11.3. The standard InChI is InChI=1S/C35H45F2N3O8/c1-17(38-4)33(44)39-28(18(2)46-5)34(45)40-14-6-7-23(40)16-25-24-13-12-22(37)15-26(24)32(27(25)20-8-10-21(36)11-9-20)48-35-31(43)30(42)29(41)19(3)47-35/h8-13,15,17-19,23,28-32,35,38,41-43H,6-7,14,16H2,1-5H3,(H,39,44)/t17-,18?,19-,23-,28+,29+,30+,31-,32?,35?/m0/s1. The molecular formula is C35H45F2N3O8. The zero-order valence-electron chi connectivity index (χ0n) is 27.7. The molecule has 2 saturated heterocycles. The lowest BCUT2D eigenvalue weighted by molar-refractivity contribution is -0.300. The molecule has 2 aromatic rings. The molecule has 2 heterocycles. The molecule has 0 radical (unpaired) electrons. The van der Waals surface area contributed by atoms with E-state index in [-0.39, 0.29) is 17.9 Å². The average Bonchev–Trinajstić information content (AvgIpc) is 3.66. The number of hydrogen-bond acceptors (Lipinski definition) is 9. The fourth-order valence-electron chi connectivity index (χ4n) is 6.74. The summed E-state index contributed by atoms with van der Waals surface area (Å²) in [6.45, 7) is 5.39. The summed E-state index contributed by atoms with van der Waals surface area (Å²) in [5.74, 6) is -1.63. The summed E-state index contributed by atoms with van der Waals surface area (Å²) in [5.41, 5.74) is 2.95. The summed E-state index contributed by atoms with van der Waals surface area (Å²) in [7, 11) is 3.13. The Balaban J connectivity index is 1.54. The van der Waals surface area contributed by atoms with Crippen molar-refractivity contribution in [1.82, 2.24) is 15.5 Å². The molecule has 5 N–H and O–H groups in total. The Morgan fingerprint density at radius 1 is 1.04 bits per heavy atom.